The van der Waals surface area contributed by atoms with Gasteiger partial charge in [-0.15, -0.1) is 0 Å². The fraction of sp³-hybridized carbons (Fsp3) is 0.545. The molecule has 2 rings (SSSR count). The molecule has 1 aliphatic rings. The van der Waals surface area contributed by atoms with Crippen LogP contribution in [0.5, 0.6) is 0 Å². The summed E-state index contributed by atoms with van der Waals surface area (Å²) in [7, 11) is 0. The van der Waals surface area contributed by atoms with Crippen LogP contribution in [0.25, 0.3) is 0 Å². The molecule has 0 radical (unpaired) electrons. The molecule has 1 amide bonds. The van der Waals surface area contributed by atoms with Gasteiger partial charge in [0.25, 0.3) is 5.91 Å². The van der Waals surface area contributed by atoms with E-state index in [9.17, 15) is 4.79 Å². The minimum atomic E-state index is -0.0681. The van der Waals surface area contributed by atoms with Gasteiger partial charge >= 0.3 is 0 Å². The second-order valence-corrected chi connectivity index (χ2v) is 5.22. The smallest absolute Gasteiger partial charge is 0.252 e. The van der Waals surface area contributed by atoms with Crippen LogP contribution in [0, 0.1) is 5.92 Å². The maximum atomic E-state index is 11.7. The first-order valence-corrected chi connectivity index (χ1v) is 6.38. The number of nitrogens with one attached hydrogen (secondary N) is 1. The number of alkyl halides is 1. The minimum absolute atomic E-state index is 0.0681. The Kier molecular flexibility index (Phi) is 3.88. The highest BCUT2D eigenvalue weighted by Crippen LogP contribution is 2.30. The number of halogens is 1. The van der Waals surface area contributed by atoms with Crippen LogP contribution in [-0.2, 0) is 0 Å². The molecule has 4 nitrogen and oxygen atoms in total. The average Bonchev–Trinajstić information content (AvgIpc) is 2.73. The Morgan fingerprint density at radius 3 is 3.00 bits per heavy atom. The summed E-state index contributed by atoms with van der Waals surface area (Å²) in [5.41, 5.74) is 0.569. The molecule has 0 aromatic carbocycles. The zero-order valence-corrected chi connectivity index (χ0v) is 10.5. The first-order chi connectivity index (χ1) is 7.77. The van der Waals surface area contributed by atoms with Crippen molar-refractivity contribution in [2.45, 2.75) is 24.1 Å². The van der Waals surface area contributed by atoms with Crippen LogP contribution in [0.3, 0.4) is 0 Å². The quantitative estimate of drug-likeness (QED) is 0.861. The van der Waals surface area contributed by atoms with E-state index in [1.165, 1.54) is 31.7 Å². The zero-order valence-electron chi connectivity index (χ0n) is 8.90. The van der Waals surface area contributed by atoms with Gasteiger partial charge < -0.3 is 5.32 Å². The van der Waals surface area contributed by atoms with Gasteiger partial charge in [-0.05, 0) is 24.8 Å². The summed E-state index contributed by atoms with van der Waals surface area (Å²) in [6, 6.07) is 1.67. The van der Waals surface area contributed by atoms with Crippen LogP contribution < -0.4 is 5.32 Å². The summed E-state index contributed by atoms with van der Waals surface area (Å²) in [5.74, 6) is 0.486. The Morgan fingerprint density at radius 1 is 1.50 bits per heavy atom. The summed E-state index contributed by atoms with van der Waals surface area (Å²) < 4.78 is 0. The van der Waals surface area contributed by atoms with E-state index in [0.29, 0.717) is 16.3 Å². The standard InChI is InChI=1S/C11H14BrN3O/c12-10-3-1-2-8(10)6-13-11(16)9-4-5-14-15-7-9/h4-5,7-8,10H,1-3,6H2,(H,13,16). The predicted molar refractivity (Wildman–Crippen MR) is 64.4 cm³/mol. The molecule has 0 saturated heterocycles. The Morgan fingerprint density at radius 2 is 2.38 bits per heavy atom. The number of hydrogen-bond acceptors (Lipinski definition) is 3. The minimum Gasteiger partial charge on any atom is -0.352 e. The molecule has 1 aromatic heterocycles. The van der Waals surface area contributed by atoms with Crippen molar-refractivity contribution in [3.63, 3.8) is 0 Å². The molecule has 1 heterocycles. The Bertz CT molecular complexity index is 358. The lowest BCUT2D eigenvalue weighted by atomic mass is 10.1. The summed E-state index contributed by atoms with van der Waals surface area (Å²) in [6.07, 6.45) is 6.64. The average molecular weight is 284 g/mol. The largest absolute Gasteiger partial charge is 0.352 e. The van der Waals surface area contributed by atoms with Crippen LogP contribution in [0.15, 0.2) is 18.5 Å². The first-order valence-electron chi connectivity index (χ1n) is 5.46. The van der Waals surface area contributed by atoms with Gasteiger partial charge in [-0.3, -0.25) is 4.79 Å². The number of hydrogen-bond donors (Lipinski definition) is 1. The Labute approximate surface area is 103 Å². The van der Waals surface area contributed by atoms with E-state index in [0.717, 1.165) is 6.54 Å². The zero-order chi connectivity index (χ0) is 11.4. The van der Waals surface area contributed by atoms with Crippen LogP contribution in [0.1, 0.15) is 29.6 Å². The number of carbonyl (C=O) groups excluding carboxylic acids is 1. The van der Waals surface area contributed by atoms with Gasteiger partial charge in [0.2, 0.25) is 0 Å². The lowest BCUT2D eigenvalue weighted by molar-refractivity contribution is 0.0947. The van der Waals surface area contributed by atoms with Crippen molar-refractivity contribution in [3.8, 4) is 0 Å². The molecule has 0 spiro atoms. The summed E-state index contributed by atoms with van der Waals surface area (Å²) >= 11 is 3.64. The van der Waals surface area contributed by atoms with E-state index in [1.807, 2.05) is 0 Å². The highest BCUT2D eigenvalue weighted by atomic mass is 79.9. The molecular formula is C11H14BrN3O. The molecule has 5 heteroatoms. The Hall–Kier alpha value is -0.970. The van der Waals surface area contributed by atoms with E-state index >= 15 is 0 Å². The van der Waals surface area contributed by atoms with E-state index in [2.05, 4.69) is 31.4 Å². The molecule has 1 saturated carbocycles. The first kappa shape index (κ1) is 11.5. The molecule has 86 valence electrons. The monoisotopic (exact) mass is 283 g/mol. The van der Waals surface area contributed by atoms with Gasteiger partial charge in [-0.25, -0.2) is 0 Å². The molecule has 1 aliphatic carbocycles. The van der Waals surface area contributed by atoms with Gasteiger partial charge in [0.05, 0.1) is 18.0 Å². The third-order valence-electron chi connectivity index (χ3n) is 2.94. The van der Waals surface area contributed by atoms with E-state index in [-0.39, 0.29) is 5.91 Å². The molecule has 0 bridgehead atoms. The fourth-order valence-corrected chi connectivity index (χ4v) is 2.75. The van der Waals surface area contributed by atoms with Gasteiger partial charge in [-0.1, -0.05) is 22.4 Å². The van der Waals surface area contributed by atoms with Gasteiger partial charge in [0.15, 0.2) is 0 Å². The van der Waals surface area contributed by atoms with E-state index < -0.39 is 0 Å². The van der Waals surface area contributed by atoms with Crippen molar-refractivity contribution >= 4 is 21.8 Å². The molecule has 1 aromatic rings. The third-order valence-corrected chi connectivity index (χ3v) is 4.14. The number of carbonyl (C=O) groups is 1. The number of rotatable bonds is 3. The normalized spacial score (nSPS) is 24.3. The maximum absolute atomic E-state index is 11.7. The number of nitrogens with zero attached hydrogens (tertiary/aromatic N) is 2. The molecule has 0 aliphatic heterocycles. The van der Waals surface area contributed by atoms with Crippen molar-refractivity contribution in [1.82, 2.24) is 15.5 Å². The SMILES string of the molecule is O=C(NCC1CCCC1Br)c1ccnnc1. The summed E-state index contributed by atoms with van der Waals surface area (Å²) in [6.45, 7) is 0.733. The van der Waals surface area contributed by atoms with Gasteiger partial charge in [0.1, 0.15) is 0 Å². The van der Waals surface area contributed by atoms with Crippen molar-refractivity contribution in [2.75, 3.05) is 6.54 Å². The van der Waals surface area contributed by atoms with Crippen molar-refractivity contribution in [2.24, 2.45) is 5.92 Å². The van der Waals surface area contributed by atoms with Crippen molar-refractivity contribution in [3.05, 3.63) is 24.0 Å². The fourth-order valence-electron chi connectivity index (χ4n) is 1.97. The third kappa shape index (κ3) is 2.78. The topological polar surface area (TPSA) is 54.9 Å². The summed E-state index contributed by atoms with van der Waals surface area (Å²) in [4.78, 5) is 12.3. The molecule has 2 unspecified atom stereocenters. The Balaban J connectivity index is 1.84. The molecule has 16 heavy (non-hydrogen) atoms. The molecule has 1 fully saturated rings. The van der Waals surface area contributed by atoms with E-state index in [1.54, 1.807) is 6.07 Å². The van der Waals surface area contributed by atoms with E-state index in [4.69, 9.17) is 0 Å². The van der Waals surface area contributed by atoms with Gasteiger partial charge in [-0.2, -0.15) is 10.2 Å². The van der Waals surface area contributed by atoms with Crippen molar-refractivity contribution < 1.29 is 4.79 Å². The second kappa shape index (κ2) is 5.39. The second-order valence-electron chi connectivity index (χ2n) is 4.05. The van der Waals surface area contributed by atoms with Crippen LogP contribution in [0.4, 0.5) is 0 Å². The summed E-state index contributed by atoms with van der Waals surface area (Å²) in [5, 5.41) is 10.3. The van der Waals surface area contributed by atoms with Crippen LogP contribution in [-0.4, -0.2) is 27.5 Å². The lowest BCUT2D eigenvalue weighted by Crippen LogP contribution is -2.31. The predicted octanol–water partition coefficient (Wildman–Crippen LogP) is 1.77. The number of aromatic nitrogens is 2. The lowest BCUT2D eigenvalue weighted by Gasteiger charge is -2.14. The van der Waals surface area contributed by atoms with Crippen LogP contribution in [0.2, 0.25) is 0 Å². The van der Waals surface area contributed by atoms with Gasteiger partial charge in [0, 0.05) is 11.4 Å². The molecule has 2 atom stereocenters. The highest BCUT2D eigenvalue weighted by molar-refractivity contribution is 9.09. The molecular weight excluding hydrogens is 270 g/mol. The number of amides is 1. The van der Waals surface area contributed by atoms with Crippen molar-refractivity contribution in [1.29, 1.82) is 0 Å². The highest BCUT2D eigenvalue weighted by Gasteiger charge is 2.25. The maximum Gasteiger partial charge on any atom is 0.252 e. The van der Waals surface area contributed by atoms with Crippen LogP contribution >= 0.6 is 15.9 Å². The molecule has 1 N–H and O–H groups in total.